The molecule has 0 saturated carbocycles. The number of nitrogens with one attached hydrogen (secondary N) is 1. The van der Waals surface area contributed by atoms with E-state index in [0.717, 1.165) is 11.3 Å². The molecule has 132 valence electrons. The first kappa shape index (κ1) is 17.7. The summed E-state index contributed by atoms with van der Waals surface area (Å²) in [6, 6.07) is 19.2. The summed E-state index contributed by atoms with van der Waals surface area (Å²) < 4.78 is 5.17. The zero-order valence-electron chi connectivity index (χ0n) is 15.2. The maximum atomic E-state index is 12.4. The number of aromatic nitrogens is 1. The maximum Gasteiger partial charge on any atom is 0.257 e. The first-order valence-corrected chi connectivity index (χ1v) is 8.58. The van der Waals surface area contributed by atoms with Gasteiger partial charge in [0.05, 0.1) is 18.4 Å². The lowest BCUT2D eigenvalue weighted by Crippen LogP contribution is -2.12. The standard InChI is InChI=1S/C22H22N2O2/c1-15(2)16-6-4-7-17(12-16)21-11-10-18(14-23-21)22(25)24-19-8-5-9-20(13-19)26-3/h4-15H,1-3H3,(H,24,25). The minimum Gasteiger partial charge on any atom is -0.497 e. The van der Waals surface area contributed by atoms with Gasteiger partial charge in [0.2, 0.25) is 0 Å². The van der Waals surface area contributed by atoms with E-state index in [4.69, 9.17) is 4.74 Å². The third-order valence-electron chi connectivity index (χ3n) is 4.20. The minimum absolute atomic E-state index is 0.201. The van der Waals surface area contributed by atoms with Crippen molar-refractivity contribution >= 4 is 11.6 Å². The highest BCUT2D eigenvalue weighted by atomic mass is 16.5. The summed E-state index contributed by atoms with van der Waals surface area (Å²) in [6.45, 7) is 4.33. The molecule has 0 bridgehead atoms. The monoisotopic (exact) mass is 346 g/mol. The number of ether oxygens (including phenoxy) is 1. The second-order valence-electron chi connectivity index (χ2n) is 6.40. The van der Waals surface area contributed by atoms with Gasteiger partial charge in [-0.3, -0.25) is 9.78 Å². The summed E-state index contributed by atoms with van der Waals surface area (Å²) in [4.78, 5) is 16.9. The highest BCUT2D eigenvalue weighted by molar-refractivity contribution is 6.04. The molecule has 0 aliphatic carbocycles. The smallest absolute Gasteiger partial charge is 0.257 e. The fraction of sp³-hybridized carbons (Fsp3) is 0.182. The van der Waals surface area contributed by atoms with Crippen molar-refractivity contribution in [2.45, 2.75) is 19.8 Å². The minimum atomic E-state index is -0.201. The van der Waals surface area contributed by atoms with Crippen molar-refractivity contribution in [3.05, 3.63) is 78.0 Å². The summed E-state index contributed by atoms with van der Waals surface area (Å²) >= 11 is 0. The Labute approximate surface area is 153 Å². The average Bonchev–Trinajstić information content (AvgIpc) is 2.68. The van der Waals surface area contributed by atoms with Crippen molar-refractivity contribution in [2.24, 2.45) is 0 Å². The number of nitrogens with zero attached hydrogens (tertiary/aromatic N) is 1. The van der Waals surface area contributed by atoms with Gasteiger partial charge in [0.15, 0.2) is 0 Å². The SMILES string of the molecule is COc1cccc(NC(=O)c2ccc(-c3cccc(C(C)C)c3)nc2)c1. The van der Waals surface area contributed by atoms with E-state index >= 15 is 0 Å². The molecule has 0 atom stereocenters. The van der Waals surface area contributed by atoms with E-state index in [1.54, 1.807) is 25.4 Å². The van der Waals surface area contributed by atoms with Gasteiger partial charge >= 0.3 is 0 Å². The molecule has 1 amide bonds. The number of hydrogen-bond acceptors (Lipinski definition) is 3. The number of carbonyl (C=O) groups is 1. The van der Waals surface area contributed by atoms with Crippen molar-refractivity contribution in [3.63, 3.8) is 0 Å². The van der Waals surface area contributed by atoms with Crippen LogP contribution in [0.1, 0.15) is 35.7 Å². The molecular weight excluding hydrogens is 324 g/mol. The lowest BCUT2D eigenvalue weighted by atomic mass is 9.99. The van der Waals surface area contributed by atoms with Gasteiger partial charge in [-0.15, -0.1) is 0 Å². The van der Waals surface area contributed by atoms with Gasteiger partial charge in [0.25, 0.3) is 5.91 Å². The number of amides is 1. The summed E-state index contributed by atoms with van der Waals surface area (Å²) in [6.07, 6.45) is 1.60. The van der Waals surface area contributed by atoms with E-state index in [-0.39, 0.29) is 5.91 Å². The molecule has 4 heteroatoms. The zero-order valence-corrected chi connectivity index (χ0v) is 15.2. The summed E-state index contributed by atoms with van der Waals surface area (Å²) in [5.74, 6) is 0.956. The number of hydrogen-bond donors (Lipinski definition) is 1. The molecule has 0 saturated heterocycles. The maximum absolute atomic E-state index is 12.4. The quantitative estimate of drug-likeness (QED) is 0.696. The molecule has 0 radical (unpaired) electrons. The Morgan fingerprint density at radius 3 is 2.54 bits per heavy atom. The predicted octanol–water partition coefficient (Wildman–Crippen LogP) is 5.13. The largest absolute Gasteiger partial charge is 0.497 e. The molecule has 0 fully saturated rings. The molecule has 4 nitrogen and oxygen atoms in total. The fourth-order valence-corrected chi connectivity index (χ4v) is 2.66. The molecule has 0 unspecified atom stereocenters. The number of rotatable bonds is 5. The topological polar surface area (TPSA) is 51.2 Å². The third-order valence-corrected chi connectivity index (χ3v) is 4.20. The first-order valence-electron chi connectivity index (χ1n) is 8.58. The van der Waals surface area contributed by atoms with E-state index in [0.29, 0.717) is 22.9 Å². The van der Waals surface area contributed by atoms with Gasteiger partial charge in [-0.1, -0.05) is 38.1 Å². The summed E-state index contributed by atoms with van der Waals surface area (Å²) in [5, 5.41) is 2.86. The van der Waals surface area contributed by atoms with Gasteiger partial charge in [0, 0.05) is 23.5 Å². The van der Waals surface area contributed by atoms with Crippen LogP contribution in [0.4, 0.5) is 5.69 Å². The molecule has 2 aromatic carbocycles. The Balaban J connectivity index is 1.76. The Hall–Kier alpha value is -3.14. The van der Waals surface area contributed by atoms with E-state index in [1.165, 1.54) is 5.56 Å². The van der Waals surface area contributed by atoms with Crippen LogP contribution in [0, 0.1) is 0 Å². The van der Waals surface area contributed by atoms with Gasteiger partial charge in [-0.2, -0.15) is 0 Å². The van der Waals surface area contributed by atoms with Crippen LogP contribution < -0.4 is 10.1 Å². The number of carbonyl (C=O) groups excluding carboxylic acids is 1. The highest BCUT2D eigenvalue weighted by Gasteiger charge is 2.09. The molecule has 0 spiro atoms. The van der Waals surface area contributed by atoms with E-state index in [2.05, 4.69) is 36.3 Å². The van der Waals surface area contributed by atoms with E-state index < -0.39 is 0 Å². The number of anilines is 1. The van der Waals surface area contributed by atoms with Crippen molar-refractivity contribution < 1.29 is 9.53 Å². The van der Waals surface area contributed by atoms with Crippen molar-refractivity contribution in [1.29, 1.82) is 0 Å². The summed E-state index contributed by atoms with van der Waals surface area (Å²) in [5.41, 5.74) is 4.37. The van der Waals surface area contributed by atoms with E-state index in [1.807, 2.05) is 36.4 Å². The van der Waals surface area contributed by atoms with Crippen molar-refractivity contribution in [1.82, 2.24) is 4.98 Å². The molecule has 1 aromatic heterocycles. The Morgan fingerprint density at radius 2 is 1.85 bits per heavy atom. The predicted molar refractivity (Wildman–Crippen MR) is 105 cm³/mol. The Bertz CT molecular complexity index is 902. The van der Waals surface area contributed by atoms with Gasteiger partial charge < -0.3 is 10.1 Å². The van der Waals surface area contributed by atoms with Gasteiger partial charge in [-0.25, -0.2) is 0 Å². The Morgan fingerprint density at radius 1 is 1.04 bits per heavy atom. The van der Waals surface area contributed by atoms with E-state index in [9.17, 15) is 4.79 Å². The zero-order chi connectivity index (χ0) is 18.5. The van der Waals surface area contributed by atoms with Crippen LogP contribution in [0.25, 0.3) is 11.3 Å². The molecule has 1 heterocycles. The van der Waals surface area contributed by atoms with Crippen LogP contribution in [-0.2, 0) is 0 Å². The number of methoxy groups -OCH3 is 1. The molecule has 3 rings (SSSR count). The molecular formula is C22H22N2O2. The molecule has 3 aromatic rings. The van der Waals surface area contributed by atoms with Crippen LogP contribution in [0.2, 0.25) is 0 Å². The van der Waals surface area contributed by atoms with Gasteiger partial charge in [0.1, 0.15) is 5.75 Å². The Kier molecular flexibility index (Phi) is 5.32. The van der Waals surface area contributed by atoms with Crippen LogP contribution in [-0.4, -0.2) is 18.0 Å². The molecule has 0 aliphatic rings. The second-order valence-corrected chi connectivity index (χ2v) is 6.40. The molecule has 1 N–H and O–H groups in total. The van der Waals surface area contributed by atoms with Crippen LogP contribution in [0.3, 0.4) is 0 Å². The number of pyridine rings is 1. The van der Waals surface area contributed by atoms with Gasteiger partial charge in [-0.05, 0) is 41.8 Å². The second kappa shape index (κ2) is 7.83. The normalized spacial score (nSPS) is 10.6. The summed E-state index contributed by atoms with van der Waals surface area (Å²) in [7, 11) is 1.60. The fourth-order valence-electron chi connectivity index (χ4n) is 2.66. The van der Waals surface area contributed by atoms with Crippen LogP contribution in [0.15, 0.2) is 66.9 Å². The lowest BCUT2D eigenvalue weighted by molar-refractivity contribution is 0.102. The van der Waals surface area contributed by atoms with Crippen molar-refractivity contribution in [3.8, 4) is 17.0 Å². The third kappa shape index (κ3) is 4.09. The molecule has 0 aliphatic heterocycles. The molecule has 26 heavy (non-hydrogen) atoms. The highest BCUT2D eigenvalue weighted by Crippen LogP contribution is 2.23. The van der Waals surface area contributed by atoms with Crippen molar-refractivity contribution in [2.75, 3.05) is 12.4 Å². The number of benzene rings is 2. The van der Waals surface area contributed by atoms with Crippen LogP contribution in [0.5, 0.6) is 5.75 Å². The first-order chi connectivity index (χ1) is 12.6. The van der Waals surface area contributed by atoms with Crippen LogP contribution >= 0.6 is 0 Å². The average molecular weight is 346 g/mol. The lowest BCUT2D eigenvalue weighted by Gasteiger charge is -2.09.